The summed E-state index contributed by atoms with van der Waals surface area (Å²) < 4.78 is 0. The lowest BCUT2D eigenvalue weighted by Gasteiger charge is -2.18. The van der Waals surface area contributed by atoms with Gasteiger partial charge in [-0.1, -0.05) is 11.2 Å². The van der Waals surface area contributed by atoms with Gasteiger partial charge in [0, 0.05) is 18.9 Å². The van der Waals surface area contributed by atoms with Gasteiger partial charge in [-0.05, 0) is 27.2 Å². The van der Waals surface area contributed by atoms with E-state index in [2.05, 4.69) is 22.4 Å². The number of rotatable bonds is 6. The van der Waals surface area contributed by atoms with Crippen molar-refractivity contribution in [3.63, 3.8) is 0 Å². The first-order chi connectivity index (χ1) is 9.89. The number of carbonyl (C=O) groups is 2. The third kappa shape index (κ3) is 3.32. The molecule has 6 nitrogen and oxygen atoms in total. The number of amides is 1. The lowest BCUT2D eigenvalue weighted by atomic mass is 10.1. The zero-order valence-corrected chi connectivity index (χ0v) is 12.8. The van der Waals surface area contributed by atoms with Gasteiger partial charge in [-0.25, -0.2) is 0 Å². The highest BCUT2D eigenvalue weighted by molar-refractivity contribution is 5.96. The summed E-state index contributed by atoms with van der Waals surface area (Å²) in [4.78, 5) is 29.4. The Balaban J connectivity index is 1.89. The van der Waals surface area contributed by atoms with Gasteiger partial charge in [0.1, 0.15) is 11.6 Å². The molecular weight excluding hydrogens is 270 g/mol. The first-order valence-corrected chi connectivity index (χ1v) is 7.25. The molecule has 1 saturated heterocycles. The molecule has 1 aliphatic carbocycles. The van der Waals surface area contributed by atoms with Crippen LogP contribution in [0, 0.1) is 5.92 Å². The normalized spacial score (nSPS) is 34.0. The predicted octanol–water partition coefficient (Wildman–Crippen LogP) is 0.779. The van der Waals surface area contributed by atoms with Crippen LogP contribution >= 0.6 is 0 Å². The zero-order valence-electron chi connectivity index (χ0n) is 12.8. The standard InChI is InChI=1S/C15H23N3O3/c1-5-11-7-15(11,10(4)19)17-14(20)13-6-12(8-16-13)21-18-9(2)3/h5,11-13,16H,1,6-8H2,2-4H3,(H,17,20)/t11-,12-,13+,15+/m1/s1. The smallest absolute Gasteiger partial charge is 0.238 e. The van der Waals surface area contributed by atoms with Crippen LogP contribution in [0.5, 0.6) is 0 Å². The van der Waals surface area contributed by atoms with Crippen molar-refractivity contribution in [3.05, 3.63) is 12.7 Å². The van der Waals surface area contributed by atoms with E-state index in [1.165, 1.54) is 6.92 Å². The molecule has 0 aromatic rings. The van der Waals surface area contributed by atoms with Crippen LogP contribution in [-0.4, -0.2) is 41.6 Å². The van der Waals surface area contributed by atoms with Gasteiger partial charge in [0.15, 0.2) is 5.78 Å². The molecule has 0 aromatic heterocycles. The van der Waals surface area contributed by atoms with Crippen molar-refractivity contribution < 1.29 is 14.4 Å². The van der Waals surface area contributed by atoms with Crippen molar-refractivity contribution in [2.75, 3.05) is 6.54 Å². The zero-order chi connectivity index (χ0) is 15.6. The molecule has 2 N–H and O–H groups in total. The minimum absolute atomic E-state index is 0.0160. The average Bonchev–Trinajstić information content (AvgIpc) is 2.94. The summed E-state index contributed by atoms with van der Waals surface area (Å²) >= 11 is 0. The van der Waals surface area contributed by atoms with E-state index >= 15 is 0 Å². The fourth-order valence-electron chi connectivity index (χ4n) is 2.68. The van der Waals surface area contributed by atoms with Crippen LogP contribution in [0.25, 0.3) is 0 Å². The molecule has 1 aliphatic heterocycles. The minimum atomic E-state index is -0.738. The highest BCUT2D eigenvalue weighted by atomic mass is 16.6. The Labute approximate surface area is 125 Å². The Bertz CT molecular complexity index is 485. The quantitative estimate of drug-likeness (QED) is 0.431. The second kappa shape index (κ2) is 5.97. The molecule has 1 amide bonds. The van der Waals surface area contributed by atoms with Crippen LogP contribution in [0.2, 0.25) is 0 Å². The third-order valence-electron chi connectivity index (χ3n) is 4.07. The Hall–Kier alpha value is -1.69. The molecule has 2 aliphatic rings. The lowest BCUT2D eigenvalue weighted by molar-refractivity contribution is -0.129. The summed E-state index contributed by atoms with van der Waals surface area (Å²) in [6.07, 6.45) is 2.81. The van der Waals surface area contributed by atoms with Gasteiger partial charge >= 0.3 is 0 Å². The molecule has 0 aromatic carbocycles. The molecule has 116 valence electrons. The van der Waals surface area contributed by atoms with Crippen molar-refractivity contribution >= 4 is 17.4 Å². The lowest BCUT2D eigenvalue weighted by Crippen LogP contribution is -2.50. The van der Waals surface area contributed by atoms with E-state index in [-0.39, 0.29) is 29.8 Å². The van der Waals surface area contributed by atoms with Crippen LogP contribution in [0.1, 0.15) is 33.6 Å². The van der Waals surface area contributed by atoms with Crippen molar-refractivity contribution in [1.29, 1.82) is 0 Å². The summed E-state index contributed by atoms with van der Waals surface area (Å²) in [7, 11) is 0. The monoisotopic (exact) mass is 293 g/mol. The van der Waals surface area contributed by atoms with Gasteiger partial charge in [0.05, 0.1) is 11.8 Å². The molecule has 1 heterocycles. The van der Waals surface area contributed by atoms with Gasteiger partial charge < -0.3 is 15.5 Å². The molecule has 0 bridgehead atoms. The van der Waals surface area contributed by atoms with E-state index < -0.39 is 5.54 Å². The Morgan fingerprint density at radius 2 is 2.14 bits per heavy atom. The molecule has 2 fully saturated rings. The van der Waals surface area contributed by atoms with E-state index in [1.807, 2.05) is 13.8 Å². The van der Waals surface area contributed by atoms with Gasteiger partial charge in [-0.3, -0.25) is 9.59 Å². The van der Waals surface area contributed by atoms with Crippen LogP contribution in [0.3, 0.4) is 0 Å². The van der Waals surface area contributed by atoms with Crippen molar-refractivity contribution in [3.8, 4) is 0 Å². The molecule has 6 heteroatoms. The van der Waals surface area contributed by atoms with E-state index in [1.54, 1.807) is 6.08 Å². The largest absolute Gasteiger partial charge is 0.391 e. The number of ketones is 1. The highest BCUT2D eigenvalue weighted by Gasteiger charge is 2.58. The maximum Gasteiger partial charge on any atom is 0.238 e. The molecule has 0 unspecified atom stereocenters. The fraction of sp³-hybridized carbons (Fsp3) is 0.667. The number of carbonyl (C=O) groups excluding carboxylic acids is 2. The van der Waals surface area contributed by atoms with Gasteiger partial charge in [-0.2, -0.15) is 0 Å². The van der Waals surface area contributed by atoms with Crippen molar-refractivity contribution in [1.82, 2.24) is 10.6 Å². The number of hydrogen-bond acceptors (Lipinski definition) is 5. The summed E-state index contributed by atoms with van der Waals surface area (Å²) in [6, 6.07) is -0.343. The second-order valence-corrected chi connectivity index (χ2v) is 6.03. The summed E-state index contributed by atoms with van der Waals surface area (Å²) in [5.74, 6) is -0.129. The maximum absolute atomic E-state index is 12.3. The number of hydrogen-bond donors (Lipinski definition) is 2. The van der Waals surface area contributed by atoms with Crippen LogP contribution in [-0.2, 0) is 14.4 Å². The summed E-state index contributed by atoms with van der Waals surface area (Å²) in [5, 5.41) is 9.91. The SMILES string of the molecule is C=C[C@@H]1C[C@]1(NC(=O)[C@@H]1C[C@@H](ON=C(C)C)CN1)C(C)=O. The molecule has 21 heavy (non-hydrogen) atoms. The second-order valence-electron chi connectivity index (χ2n) is 6.03. The fourth-order valence-corrected chi connectivity index (χ4v) is 2.68. The van der Waals surface area contributed by atoms with E-state index in [0.717, 1.165) is 5.71 Å². The third-order valence-corrected chi connectivity index (χ3v) is 4.07. The topological polar surface area (TPSA) is 79.8 Å². The number of nitrogens with one attached hydrogen (secondary N) is 2. The summed E-state index contributed by atoms with van der Waals surface area (Å²) in [5.41, 5.74) is 0.0997. The van der Waals surface area contributed by atoms with Gasteiger partial charge in [0.25, 0.3) is 0 Å². The maximum atomic E-state index is 12.3. The van der Waals surface area contributed by atoms with Crippen LogP contribution < -0.4 is 10.6 Å². The number of nitrogens with zero attached hydrogens (tertiary/aromatic N) is 1. The van der Waals surface area contributed by atoms with E-state index in [0.29, 0.717) is 19.4 Å². The minimum Gasteiger partial charge on any atom is -0.391 e. The Kier molecular flexibility index (Phi) is 4.46. The number of Topliss-reactive ketones (excluding diaryl/α,β-unsaturated/α-hetero) is 1. The van der Waals surface area contributed by atoms with E-state index in [9.17, 15) is 9.59 Å². The molecular formula is C15H23N3O3. The van der Waals surface area contributed by atoms with Gasteiger partial charge in [0.2, 0.25) is 5.91 Å². The van der Waals surface area contributed by atoms with Crippen molar-refractivity contribution in [2.45, 2.75) is 51.3 Å². The number of oxime groups is 1. The van der Waals surface area contributed by atoms with Gasteiger partial charge in [-0.15, -0.1) is 6.58 Å². The average molecular weight is 293 g/mol. The molecule has 4 atom stereocenters. The highest BCUT2D eigenvalue weighted by Crippen LogP contribution is 2.45. The molecule has 0 spiro atoms. The molecule has 2 rings (SSSR count). The molecule has 1 saturated carbocycles. The summed E-state index contributed by atoms with van der Waals surface area (Å²) in [6.45, 7) is 9.50. The predicted molar refractivity (Wildman–Crippen MR) is 79.9 cm³/mol. The molecule has 0 radical (unpaired) electrons. The first kappa shape index (κ1) is 15.7. The van der Waals surface area contributed by atoms with Crippen LogP contribution in [0.15, 0.2) is 17.8 Å². The van der Waals surface area contributed by atoms with E-state index in [4.69, 9.17) is 4.84 Å². The Morgan fingerprint density at radius 1 is 1.43 bits per heavy atom. The van der Waals surface area contributed by atoms with Crippen molar-refractivity contribution in [2.24, 2.45) is 11.1 Å². The van der Waals surface area contributed by atoms with Crippen LogP contribution in [0.4, 0.5) is 0 Å². The Morgan fingerprint density at radius 3 is 2.67 bits per heavy atom. The first-order valence-electron chi connectivity index (χ1n) is 7.25.